The van der Waals surface area contributed by atoms with Crippen LogP contribution in [-0.2, 0) is 6.54 Å². The van der Waals surface area contributed by atoms with Crippen molar-refractivity contribution in [1.82, 2.24) is 8.86 Å². The van der Waals surface area contributed by atoms with Crippen LogP contribution < -0.4 is 5.56 Å². The lowest BCUT2D eigenvalue weighted by Crippen LogP contribution is -2.25. The highest BCUT2D eigenvalue weighted by Crippen LogP contribution is 2.22. The van der Waals surface area contributed by atoms with Crippen LogP contribution in [0.15, 0.2) is 23.0 Å². The average molecular weight is 309 g/mol. The number of rotatable bonds is 7. The largest absolute Gasteiger partial charge is 0.304 e. The summed E-state index contributed by atoms with van der Waals surface area (Å²) in [5.74, 6) is 0. The summed E-state index contributed by atoms with van der Waals surface area (Å²) in [6.45, 7) is 7.85. The van der Waals surface area contributed by atoms with Crippen molar-refractivity contribution in [3.63, 3.8) is 0 Å². The fraction of sp³-hybridized carbons (Fsp3) is 0.500. The molecule has 0 aliphatic carbocycles. The predicted molar refractivity (Wildman–Crippen MR) is 85.1 cm³/mol. The molecule has 2 aromatic rings. The Kier molecular flexibility index (Phi) is 5.08. The van der Waals surface area contributed by atoms with E-state index in [1.54, 1.807) is 10.0 Å². The quantitative estimate of drug-likeness (QED) is 0.582. The van der Waals surface area contributed by atoms with Crippen molar-refractivity contribution >= 4 is 27.3 Å². The normalized spacial score (nSPS) is 11.4. The number of nitro groups is 1. The monoisotopic (exact) mass is 309 g/mol. The maximum Gasteiger partial charge on any atom is 0.270 e. The van der Waals surface area contributed by atoms with Crippen LogP contribution in [0.2, 0.25) is 0 Å². The van der Waals surface area contributed by atoms with Crippen molar-refractivity contribution < 1.29 is 4.92 Å². The van der Waals surface area contributed by atoms with Gasteiger partial charge in [-0.05, 0) is 32.1 Å². The maximum atomic E-state index is 12.2. The summed E-state index contributed by atoms with van der Waals surface area (Å²) >= 11 is 1.30. The Bertz CT molecular complexity index is 688. The minimum absolute atomic E-state index is 0.0269. The summed E-state index contributed by atoms with van der Waals surface area (Å²) in [5, 5.41) is 11.3. The van der Waals surface area contributed by atoms with Crippen molar-refractivity contribution in [2.45, 2.75) is 26.8 Å². The molecule has 0 aliphatic heterocycles. The lowest BCUT2D eigenvalue weighted by atomic mass is 10.2. The summed E-state index contributed by atoms with van der Waals surface area (Å²) < 4.78 is 2.37. The first-order valence-electron chi connectivity index (χ1n) is 7.07. The molecule has 114 valence electrons. The Morgan fingerprint density at radius 1 is 1.33 bits per heavy atom. The van der Waals surface area contributed by atoms with Crippen LogP contribution in [0.1, 0.15) is 20.3 Å². The van der Waals surface area contributed by atoms with Crippen LogP contribution >= 0.6 is 11.5 Å². The van der Waals surface area contributed by atoms with Gasteiger partial charge in [0.05, 0.1) is 15.0 Å². The van der Waals surface area contributed by atoms with Crippen LogP contribution in [0, 0.1) is 10.1 Å². The third kappa shape index (κ3) is 3.48. The number of hydrogen-bond donors (Lipinski definition) is 0. The van der Waals surface area contributed by atoms with Crippen molar-refractivity contribution in [1.29, 1.82) is 0 Å². The van der Waals surface area contributed by atoms with Gasteiger partial charge in [-0.15, -0.1) is 0 Å². The number of fused-ring (bicyclic) bond motifs is 1. The number of hydrogen-bond acceptors (Lipinski definition) is 5. The van der Waals surface area contributed by atoms with Gasteiger partial charge in [-0.2, -0.15) is 0 Å². The second-order valence-electron chi connectivity index (χ2n) is 4.82. The Morgan fingerprint density at radius 3 is 2.67 bits per heavy atom. The van der Waals surface area contributed by atoms with Gasteiger partial charge in [0, 0.05) is 18.7 Å². The highest BCUT2D eigenvalue weighted by atomic mass is 32.1. The Labute approximate surface area is 126 Å². The standard InChI is InChI=1S/C14H19N3O3S/c1-3-15(4-2)8-5-9-16-14(18)12-7-6-11(17(19)20)10-13(12)21-16/h6-7,10H,3-5,8-9H2,1-2H3. The molecule has 1 aromatic carbocycles. The number of nitro benzene ring substituents is 1. The first-order valence-corrected chi connectivity index (χ1v) is 7.84. The molecule has 0 unspecified atom stereocenters. The van der Waals surface area contributed by atoms with Crippen molar-refractivity contribution in [2.75, 3.05) is 19.6 Å². The second-order valence-corrected chi connectivity index (χ2v) is 5.88. The number of aryl methyl sites for hydroxylation is 1. The Hall–Kier alpha value is -1.73. The van der Waals surface area contributed by atoms with Gasteiger partial charge in [-0.3, -0.25) is 18.9 Å². The van der Waals surface area contributed by atoms with Crippen LogP contribution in [0.4, 0.5) is 5.69 Å². The molecule has 0 fully saturated rings. The van der Waals surface area contributed by atoms with Crippen molar-refractivity contribution in [3.05, 3.63) is 38.7 Å². The van der Waals surface area contributed by atoms with E-state index in [9.17, 15) is 14.9 Å². The third-order valence-corrected chi connectivity index (χ3v) is 4.67. The van der Waals surface area contributed by atoms with Gasteiger partial charge in [0.1, 0.15) is 0 Å². The highest BCUT2D eigenvalue weighted by molar-refractivity contribution is 7.13. The summed E-state index contributed by atoms with van der Waals surface area (Å²) in [7, 11) is 0. The Morgan fingerprint density at radius 2 is 2.05 bits per heavy atom. The minimum atomic E-state index is -0.436. The van der Waals surface area contributed by atoms with Gasteiger partial charge in [-0.1, -0.05) is 25.4 Å². The predicted octanol–water partition coefficient (Wildman–Crippen LogP) is 2.70. The molecule has 0 bridgehead atoms. The minimum Gasteiger partial charge on any atom is -0.304 e. The van der Waals surface area contributed by atoms with Gasteiger partial charge in [0.2, 0.25) is 0 Å². The van der Waals surface area contributed by atoms with Crippen LogP contribution in [0.5, 0.6) is 0 Å². The maximum absolute atomic E-state index is 12.2. The first kappa shape index (κ1) is 15.7. The molecule has 1 aromatic heterocycles. The zero-order valence-corrected chi connectivity index (χ0v) is 13.1. The van der Waals surface area contributed by atoms with E-state index in [0.29, 0.717) is 16.6 Å². The number of nitrogens with zero attached hydrogens (tertiary/aromatic N) is 3. The molecule has 0 aliphatic rings. The number of benzene rings is 1. The topological polar surface area (TPSA) is 68.4 Å². The van der Waals surface area contributed by atoms with Crippen molar-refractivity contribution in [2.24, 2.45) is 0 Å². The molecular formula is C14H19N3O3S. The first-order chi connectivity index (χ1) is 10.1. The summed E-state index contributed by atoms with van der Waals surface area (Å²) in [6.07, 6.45) is 0.899. The molecule has 0 radical (unpaired) electrons. The van der Waals surface area contributed by atoms with E-state index in [4.69, 9.17) is 0 Å². The second kappa shape index (κ2) is 6.82. The molecule has 1 heterocycles. The van der Waals surface area contributed by atoms with E-state index in [1.807, 2.05) is 0 Å². The number of aromatic nitrogens is 1. The molecule has 0 spiro atoms. The SMILES string of the molecule is CCN(CC)CCCn1sc2cc([N+](=O)[O-])ccc2c1=O. The fourth-order valence-corrected chi connectivity index (χ4v) is 3.36. The lowest BCUT2D eigenvalue weighted by Gasteiger charge is -2.17. The molecule has 2 rings (SSSR count). The Balaban J connectivity index is 2.15. The van der Waals surface area contributed by atoms with Crippen molar-refractivity contribution in [3.8, 4) is 0 Å². The van der Waals surface area contributed by atoms with Gasteiger partial charge in [0.25, 0.3) is 11.2 Å². The summed E-state index contributed by atoms with van der Waals surface area (Å²) in [5.41, 5.74) is -0.0245. The molecule has 7 heteroatoms. The van der Waals surface area contributed by atoms with Gasteiger partial charge in [0.15, 0.2) is 0 Å². The smallest absolute Gasteiger partial charge is 0.270 e. The van der Waals surface area contributed by atoms with E-state index in [1.165, 1.54) is 23.7 Å². The van der Waals surface area contributed by atoms with Crippen LogP contribution in [-0.4, -0.2) is 33.4 Å². The van der Waals surface area contributed by atoms with E-state index < -0.39 is 4.92 Å². The van der Waals surface area contributed by atoms with Crippen LogP contribution in [0.25, 0.3) is 10.1 Å². The number of non-ortho nitro benzene ring substituents is 1. The molecule has 0 saturated heterocycles. The summed E-state index contributed by atoms with van der Waals surface area (Å²) in [6, 6.07) is 4.41. The molecule has 0 atom stereocenters. The third-order valence-electron chi connectivity index (χ3n) is 3.57. The molecular weight excluding hydrogens is 290 g/mol. The van der Waals surface area contributed by atoms with Crippen LogP contribution in [0.3, 0.4) is 0 Å². The average Bonchev–Trinajstić information content (AvgIpc) is 2.79. The van der Waals surface area contributed by atoms with Gasteiger partial charge < -0.3 is 4.90 Å². The lowest BCUT2D eigenvalue weighted by molar-refractivity contribution is -0.384. The van der Waals surface area contributed by atoms with E-state index in [0.717, 1.165) is 26.1 Å². The zero-order chi connectivity index (χ0) is 15.4. The summed E-state index contributed by atoms with van der Waals surface area (Å²) in [4.78, 5) is 24.9. The van der Waals surface area contributed by atoms with E-state index in [-0.39, 0.29) is 11.2 Å². The molecule has 0 amide bonds. The van der Waals surface area contributed by atoms with E-state index in [2.05, 4.69) is 18.7 Å². The van der Waals surface area contributed by atoms with Gasteiger partial charge >= 0.3 is 0 Å². The van der Waals surface area contributed by atoms with E-state index >= 15 is 0 Å². The molecule has 0 saturated carbocycles. The van der Waals surface area contributed by atoms with Gasteiger partial charge in [-0.25, -0.2) is 0 Å². The fourth-order valence-electron chi connectivity index (χ4n) is 2.30. The molecule has 0 N–H and O–H groups in total. The molecule has 6 nitrogen and oxygen atoms in total. The zero-order valence-electron chi connectivity index (χ0n) is 12.2. The highest BCUT2D eigenvalue weighted by Gasteiger charge is 2.12. The molecule has 21 heavy (non-hydrogen) atoms.